The van der Waals surface area contributed by atoms with Crippen molar-refractivity contribution in [2.75, 3.05) is 31.1 Å². The van der Waals surface area contributed by atoms with Crippen molar-refractivity contribution in [3.05, 3.63) is 52.0 Å². The van der Waals surface area contributed by atoms with Gasteiger partial charge in [0, 0.05) is 52.3 Å². The van der Waals surface area contributed by atoms with E-state index < -0.39 is 0 Å². The Morgan fingerprint density at radius 2 is 1.97 bits per heavy atom. The molecule has 4 aromatic heterocycles. The van der Waals surface area contributed by atoms with Crippen LogP contribution in [0.5, 0.6) is 0 Å². The number of thiophene rings is 1. The molecule has 9 nitrogen and oxygen atoms in total. The number of carbonyl (C=O) groups excluding carboxylic acids is 1. The first-order chi connectivity index (χ1) is 14.6. The average molecular weight is 424 g/mol. The molecule has 5 rings (SSSR count). The molecule has 0 unspecified atom stereocenters. The summed E-state index contributed by atoms with van der Waals surface area (Å²) in [6.07, 6.45) is 2.62. The van der Waals surface area contributed by atoms with E-state index in [4.69, 9.17) is 0 Å². The SMILES string of the molecule is Cn1c(=O)c2sccc2n2c(CCC(=O)N3CCN(c4ccccn4)CC3)nnc12. The Morgan fingerprint density at radius 1 is 1.13 bits per heavy atom. The predicted molar refractivity (Wildman–Crippen MR) is 115 cm³/mol. The number of anilines is 1. The second kappa shape index (κ2) is 7.52. The maximum atomic E-state index is 12.8. The molecule has 10 heteroatoms. The van der Waals surface area contributed by atoms with Crippen molar-refractivity contribution in [2.45, 2.75) is 12.8 Å². The molecule has 0 bridgehead atoms. The van der Waals surface area contributed by atoms with Crippen molar-refractivity contribution in [3.8, 4) is 0 Å². The van der Waals surface area contributed by atoms with E-state index in [9.17, 15) is 9.59 Å². The first kappa shape index (κ1) is 18.7. The number of amides is 1. The Balaban J connectivity index is 1.28. The fraction of sp³-hybridized carbons (Fsp3) is 0.350. The van der Waals surface area contributed by atoms with Crippen LogP contribution in [0.2, 0.25) is 0 Å². The number of piperazine rings is 1. The first-order valence-corrected chi connectivity index (χ1v) is 10.8. The number of hydrogen-bond acceptors (Lipinski definition) is 7. The third kappa shape index (κ3) is 3.13. The first-order valence-electron chi connectivity index (χ1n) is 9.87. The molecule has 0 saturated carbocycles. The van der Waals surface area contributed by atoms with Crippen LogP contribution in [0.3, 0.4) is 0 Å². The van der Waals surface area contributed by atoms with Crippen molar-refractivity contribution in [3.63, 3.8) is 0 Å². The zero-order valence-corrected chi connectivity index (χ0v) is 17.4. The van der Waals surface area contributed by atoms with Gasteiger partial charge in [-0.1, -0.05) is 6.07 Å². The number of pyridine rings is 1. The fourth-order valence-corrected chi connectivity index (χ4v) is 4.77. The normalized spacial score (nSPS) is 14.7. The smallest absolute Gasteiger partial charge is 0.272 e. The van der Waals surface area contributed by atoms with Crippen LogP contribution in [0.1, 0.15) is 12.2 Å². The van der Waals surface area contributed by atoms with Gasteiger partial charge in [0.15, 0.2) is 0 Å². The summed E-state index contributed by atoms with van der Waals surface area (Å²) in [4.78, 5) is 33.7. The van der Waals surface area contributed by atoms with Crippen LogP contribution >= 0.6 is 11.3 Å². The minimum absolute atomic E-state index is 0.0756. The van der Waals surface area contributed by atoms with E-state index in [1.807, 2.05) is 38.9 Å². The lowest BCUT2D eigenvalue weighted by Crippen LogP contribution is -2.49. The molecule has 0 aliphatic carbocycles. The molecular formula is C20H21N7O2S. The highest BCUT2D eigenvalue weighted by Gasteiger charge is 2.23. The van der Waals surface area contributed by atoms with Gasteiger partial charge in [0.2, 0.25) is 11.7 Å². The van der Waals surface area contributed by atoms with Crippen molar-refractivity contribution in [1.29, 1.82) is 0 Å². The van der Waals surface area contributed by atoms with Gasteiger partial charge >= 0.3 is 0 Å². The third-order valence-corrected chi connectivity index (χ3v) is 6.46. The van der Waals surface area contributed by atoms with Crippen molar-refractivity contribution < 1.29 is 4.79 Å². The van der Waals surface area contributed by atoms with Crippen LogP contribution in [0.15, 0.2) is 40.6 Å². The summed E-state index contributed by atoms with van der Waals surface area (Å²) in [5.41, 5.74) is 0.725. The molecule has 0 N–H and O–H groups in total. The number of rotatable bonds is 4. The van der Waals surface area contributed by atoms with E-state index in [1.165, 1.54) is 15.9 Å². The number of aromatic nitrogens is 5. The summed E-state index contributed by atoms with van der Waals surface area (Å²) in [5, 5.41) is 10.3. The van der Waals surface area contributed by atoms with E-state index in [2.05, 4.69) is 20.1 Å². The van der Waals surface area contributed by atoms with Gasteiger partial charge in [0.05, 0.1) is 5.52 Å². The van der Waals surface area contributed by atoms with Gasteiger partial charge < -0.3 is 9.80 Å². The molecule has 1 amide bonds. The van der Waals surface area contributed by atoms with E-state index in [1.54, 1.807) is 13.2 Å². The van der Waals surface area contributed by atoms with Crippen LogP contribution < -0.4 is 10.5 Å². The molecule has 0 radical (unpaired) electrons. The van der Waals surface area contributed by atoms with Gasteiger partial charge in [-0.15, -0.1) is 21.5 Å². The van der Waals surface area contributed by atoms with Crippen molar-refractivity contribution in [1.82, 2.24) is 29.0 Å². The summed E-state index contributed by atoms with van der Waals surface area (Å²) in [7, 11) is 1.70. The number of fused-ring (bicyclic) bond motifs is 3. The Labute approximate surface area is 176 Å². The lowest BCUT2D eigenvalue weighted by atomic mass is 10.2. The Hall–Kier alpha value is -3.27. The summed E-state index contributed by atoms with van der Waals surface area (Å²) in [5.74, 6) is 2.26. The van der Waals surface area contributed by atoms with Crippen molar-refractivity contribution in [2.24, 2.45) is 7.05 Å². The van der Waals surface area contributed by atoms with Crippen LogP contribution in [-0.2, 0) is 18.3 Å². The van der Waals surface area contributed by atoms with Gasteiger partial charge in [-0.3, -0.25) is 18.6 Å². The van der Waals surface area contributed by atoms with Crippen molar-refractivity contribution >= 4 is 39.1 Å². The van der Waals surface area contributed by atoms with Crippen LogP contribution in [0.25, 0.3) is 16.0 Å². The molecule has 4 aromatic rings. The number of nitrogens with zero attached hydrogens (tertiary/aromatic N) is 7. The maximum absolute atomic E-state index is 12.8. The minimum atomic E-state index is -0.0756. The topological polar surface area (TPSA) is 88.6 Å². The Bertz CT molecular complexity index is 1270. The second-order valence-corrected chi connectivity index (χ2v) is 8.22. The van der Waals surface area contributed by atoms with Gasteiger partial charge in [-0.05, 0) is 23.6 Å². The molecular weight excluding hydrogens is 402 g/mol. The minimum Gasteiger partial charge on any atom is -0.353 e. The fourth-order valence-electron chi connectivity index (χ4n) is 3.92. The molecule has 1 saturated heterocycles. The van der Waals surface area contributed by atoms with E-state index in [0.717, 1.165) is 24.4 Å². The lowest BCUT2D eigenvalue weighted by molar-refractivity contribution is -0.131. The van der Waals surface area contributed by atoms with Gasteiger partial charge in [-0.2, -0.15) is 0 Å². The summed E-state index contributed by atoms with van der Waals surface area (Å²) in [6.45, 7) is 2.90. The molecule has 30 heavy (non-hydrogen) atoms. The zero-order chi connectivity index (χ0) is 20.7. The Kier molecular flexibility index (Phi) is 4.70. The van der Waals surface area contributed by atoms with Crippen LogP contribution in [0.4, 0.5) is 5.82 Å². The third-order valence-electron chi connectivity index (χ3n) is 5.57. The molecule has 0 aromatic carbocycles. The van der Waals surface area contributed by atoms with E-state index >= 15 is 0 Å². The molecule has 0 spiro atoms. The standard InChI is InChI=1S/C20H21N7O2S/c1-24-19(29)18-14(7-13-30-18)27-16(22-23-20(24)27)5-6-17(28)26-11-9-25(10-12-26)15-4-2-3-8-21-15/h2-4,7-8,13H,5-6,9-12H2,1H3. The highest BCUT2D eigenvalue weighted by Crippen LogP contribution is 2.20. The summed E-state index contributed by atoms with van der Waals surface area (Å²) in [6, 6.07) is 7.77. The van der Waals surface area contributed by atoms with Gasteiger partial charge in [-0.25, -0.2) is 4.98 Å². The Morgan fingerprint density at radius 3 is 2.73 bits per heavy atom. The molecule has 1 aliphatic rings. The van der Waals surface area contributed by atoms with E-state index in [-0.39, 0.29) is 11.5 Å². The summed E-state index contributed by atoms with van der Waals surface area (Å²) >= 11 is 1.41. The quantitative estimate of drug-likeness (QED) is 0.492. The number of hydrogen-bond donors (Lipinski definition) is 0. The molecule has 1 aliphatic heterocycles. The maximum Gasteiger partial charge on any atom is 0.272 e. The van der Waals surface area contributed by atoms with Gasteiger partial charge in [0.1, 0.15) is 16.3 Å². The zero-order valence-electron chi connectivity index (χ0n) is 16.6. The molecule has 1 fully saturated rings. The number of aryl methyl sites for hydroxylation is 2. The lowest BCUT2D eigenvalue weighted by Gasteiger charge is -2.35. The van der Waals surface area contributed by atoms with Crippen LogP contribution in [0, 0.1) is 0 Å². The van der Waals surface area contributed by atoms with Crippen LogP contribution in [-0.4, -0.2) is 61.1 Å². The number of carbonyl (C=O) groups is 1. The highest BCUT2D eigenvalue weighted by atomic mass is 32.1. The largest absolute Gasteiger partial charge is 0.353 e. The predicted octanol–water partition coefficient (Wildman–Crippen LogP) is 1.32. The molecule has 0 atom stereocenters. The van der Waals surface area contributed by atoms with Gasteiger partial charge in [0.25, 0.3) is 5.56 Å². The molecule has 154 valence electrons. The molecule has 5 heterocycles. The monoisotopic (exact) mass is 423 g/mol. The second-order valence-electron chi connectivity index (χ2n) is 7.31. The average Bonchev–Trinajstić information content (AvgIpc) is 3.44. The summed E-state index contributed by atoms with van der Waals surface area (Å²) < 4.78 is 4.07. The van der Waals surface area contributed by atoms with E-state index in [0.29, 0.717) is 42.2 Å². The highest BCUT2D eigenvalue weighted by molar-refractivity contribution is 7.17.